The van der Waals surface area contributed by atoms with Crippen LogP contribution in [0.4, 0.5) is 5.95 Å². The van der Waals surface area contributed by atoms with Crippen LogP contribution in [-0.2, 0) is 0 Å². The van der Waals surface area contributed by atoms with Crippen LogP contribution < -0.4 is 11.0 Å². The first-order valence-corrected chi connectivity index (χ1v) is 9.22. The number of hydrogen-bond donors (Lipinski definition) is 3. The molecule has 28 heavy (non-hydrogen) atoms. The quantitative estimate of drug-likeness (QED) is 0.289. The summed E-state index contributed by atoms with van der Waals surface area (Å²) in [6.45, 7) is 0. The molecule has 7 nitrogen and oxygen atoms in total. The lowest BCUT2D eigenvalue weighted by Gasteiger charge is -2.07. The summed E-state index contributed by atoms with van der Waals surface area (Å²) in [6, 6.07) is 12.2. The van der Waals surface area contributed by atoms with Crippen molar-refractivity contribution in [3.05, 3.63) is 72.4 Å². The Morgan fingerprint density at radius 1 is 1.29 bits per heavy atom. The minimum absolute atomic E-state index is 0.0197. The number of nitrogens with one attached hydrogen (secondary N) is 2. The molecule has 0 spiro atoms. The Balaban J connectivity index is 1.94. The number of phenolic OH excluding ortho intramolecular Hbond substituents is 1. The monoisotopic (exact) mass is 477 g/mol. The molecule has 0 fully saturated rings. The number of hydrazone groups is 1. The predicted molar refractivity (Wildman–Crippen MR) is 112 cm³/mol. The highest BCUT2D eigenvalue weighted by Crippen LogP contribution is 2.38. The number of benzene rings is 2. The second-order valence-corrected chi connectivity index (χ2v) is 7.02. The fraction of sp³-hybridized carbons (Fsp3) is 0. The maximum absolute atomic E-state index is 12.2. The predicted octanol–water partition coefficient (Wildman–Crippen LogP) is 4.53. The van der Waals surface area contributed by atoms with Crippen LogP contribution in [0.1, 0.15) is 11.1 Å². The summed E-state index contributed by atoms with van der Waals surface area (Å²) in [4.78, 5) is 18.9. The molecule has 0 aliphatic rings. The molecule has 3 aromatic rings. The number of aromatic nitrogens is 2. The molecule has 0 saturated carbocycles. The molecule has 0 radical (unpaired) electrons. The van der Waals surface area contributed by atoms with Crippen molar-refractivity contribution in [3.8, 4) is 23.1 Å². The Hall–Kier alpha value is -2.86. The molecule has 0 atom stereocenters. The molecule has 0 amide bonds. The SMILES string of the molecule is N#Cc1c(-c2ccccc2)nc(NN=Cc2cc(Br)c(Cl)c(Cl)c2O)[nH]c1=O. The number of anilines is 1. The summed E-state index contributed by atoms with van der Waals surface area (Å²) in [5.41, 5.74) is 2.99. The second kappa shape index (κ2) is 8.44. The van der Waals surface area contributed by atoms with Crippen LogP contribution in [-0.4, -0.2) is 21.3 Å². The molecular formula is C18H10BrCl2N5O2. The standard InChI is InChI=1S/C18H10BrCl2N5O2/c19-12-6-10(16(27)14(21)13(12)20)8-23-26-18-24-15(9-4-2-1-3-5-9)11(7-22)17(28)25-18/h1-6,8,27H,(H2,24,25,26,28). The van der Waals surface area contributed by atoms with Gasteiger partial charge in [-0.3, -0.25) is 9.78 Å². The third kappa shape index (κ3) is 4.02. The highest BCUT2D eigenvalue weighted by atomic mass is 79.9. The number of aromatic hydroxyl groups is 1. The van der Waals surface area contributed by atoms with Gasteiger partial charge in [-0.05, 0) is 22.0 Å². The van der Waals surface area contributed by atoms with E-state index in [0.717, 1.165) is 0 Å². The van der Waals surface area contributed by atoms with Crippen LogP contribution >= 0.6 is 39.1 Å². The fourth-order valence-corrected chi connectivity index (χ4v) is 3.21. The first-order valence-electron chi connectivity index (χ1n) is 7.67. The van der Waals surface area contributed by atoms with Gasteiger partial charge in [-0.25, -0.2) is 10.4 Å². The number of hydrogen-bond acceptors (Lipinski definition) is 6. The van der Waals surface area contributed by atoms with Crippen molar-refractivity contribution < 1.29 is 5.11 Å². The van der Waals surface area contributed by atoms with Gasteiger partial charge in [0.05, 0.1) is 16.9 Å². The zero-order valence-corrected chi connectivity index (χ0v) is 17.0. The van der Waals surface area contributed by atoms with E-state index in [-0.39, 0.29) is 38.6 Å². The van der Waals surface area contributed by atoms with E-state index in [4.69, 9.17) is 23.2 Å². The van der Waals surface area contributed by atoms with Crippen molar-refractivity contribution in [1.29, 1.82) is 5.26 Å². The highest BCUT2D eigenvalue weighted by Gasteiger charge is 2.14. The highest BCUT2D eigenvalue weighted by molar-refractivity contribution is 9.10. The lowest BCUT2D eigenvalue weighted by Crippen LogP contribution is -2.16. The summed E-state index contributed by atoms with van der Waals surface area (Å²) in [6.07, 6.45) is 1.28. The maximum atomic E-state index is 12.2. The van der Waals surface area contributed by atoms with Gasteiger partial charge < -0.3 is 5.11 Å². The fourth-order valence-electron chi connectivity index (χ4n) is 2.30. The molecule has 140 valence electrons. The largest absolute Gasteiger partial charge is 0.506 e. The summed E-state index contributed by atoms with van der Waals surface area (Å²) in [7, 11) is 0. The van der Waals surface area contributed by atoms with E-state index in [1.807, 2.05) is 12.1 Å². The van der Waals surface area contributed by atoms with Crippen molar-refractivity contribution in [2.45, 2.75) is 0 Å². The Labute approximate surface area is 177 Å². The average Bonchev–Trinajstić information content (AvgIpc) is 2.70. The zero-order chi connectivity index (χ0) is 20.3. The molecule has 0 aliphatic heterocycles. The van der Waals surface area contributed by atoms with E-state index in [0.29, 0.717) is 10.0 Å². The number of nitriles is 1. The van der Waals surface area contributed by atoms with Gasteiger partial charge in [0.25, 0.3) is 5.56 Å². The number of nitrogens with zero attached hydrogens (tertiary/aromatic N) is 3. The molecule has 0 aliphatic carbocycles. The third-order valence-electron chi connectivity index (χ3n) is 3.62. The molecule has 0 bridgehead atoms. The van der Waals surface area contributed by atoms with E-state index in [1.54, 1.807) is 24.3 Å². The summed E-state index contributed by atoms with van der Waals surface area (Å²) >= 11 is 15.1. The van der Waals surface area contributed by atoms with Crippen LogP contribution in [0.2, 0.25) is 10.0 Å². The van der Waals surface area contributed by atoms with Crippen LogP contribution in [0.5, 0.6) is 5.75 Å². The van der Waals surface area contributed by atoms with Crippen LogP contribution in [0.25, 0.3) is 11.3 Å². The van der Waals surface area contributed by atoms with Crippen molar-refractivity contribution in [2.75, 3.05) is 5.43 Å². The van der Waals surface area contributed by atoms with Crippen LogP contribution in [0, 0.1) is 11.3 Å². The van der Waals surface area contributed by atoms with Crippen LogP contribution in [0.3, 0.4) is 0 Å². The van der Waals surface area contributed by atoms with Gasteiger partial charge in [-0.2, -0.15) is 10.4 Å². The molecule has 10 heteroatoms. The number of H-pyrrole nitrogens is 1. The number of aromatic amines is 1. The van der Waals surface area contributed by atoms with Gasteiger partial charge in [0.2, 0.25) is 5.95 Å². The third-order valence-corrected chi connectivity index (χ3v) is 5.33. The van der Waals surface area contributed by atoms with Gasteiger partial charge in [-0.15, -0.1) is 0 Å². The van der Waals surface area contributed by atoms with Gasteiger partial charge in [0.15, 0.2) is 0 Å². The van der Waals surface area contributed by atoms with Crippen molar-refractivity contribution in [1.82, 2.24) is 9.97 Å². The lowest BCUT2D eigenvalue weighted by atomic mass is 10.1. The van der Waals surface area contributed by atoms with Gasteiger partial charge >= 0.3 is 0 Å². The molecule has 1 aromatic heterocycles. The minimum atomic E-state index is -0.603. The molecule has 0 unspecified atom stereocenters. The number of halogens is 3. The molecule has 0 saturated heterocycles. The normalized spacial score (nSPS) is 10.8. The molecule has 3 N–H and O–H groups in total. The minimum Gasteiger partial charge on any atom is -0.506 e. The summed E-state index contributed by atoms with van der Waals surface area (Å²) in [5, 5.41) is 23.4. The van der Waals surface area contributed by atoms with E-state index in [2.05, 4.69) is 36.4 Å². The summed E-state index contributed by atoms with van der Waals surface area (Å²) < 4.78 is 0.481. The first kappa shape index (κ1) is 19.9. The first-order chi connectivity index (χ1) is 13.4. The summed E-state index contributed by atoms with van der Waals surface area (Å²) in [5.74, 6) is -0.218. The zero-order valence-electron chi connectivity index (χ0n) is 13.9. The molecule has 3 rings (SSSR count). The average molecular weight is 479 g/mol. The van der Waals surface area contributed by atoms with Crippen molar-refractivity contribution in [3.63, 3.8) is 0 Å². The van der Waals surface area contributed by atoms with Crippen molar-refractivity contribution >= 4 is 51.3 Å². The molecular weight excluding hydrogens is 469 g/mol. The van der Waals surface area contributed by atoms with Gasteiger partial charge in [0, 0.05) is 15.6 Å². The number of phenols is 1. The van der Waals surface area contributed by atoms with Gasteiger partial charge in [-0.1, -0.05) is 53.5 Å². The van der Waals surface area contributed by atoms with E-state index in [9.17, 15) is 15.2 Å². The smallest absolute Gasteiger partial charge is 0.270 e. The van der Waals surface area contributed by atoms with E-state index >= 15 is 0 Å². The van der Waals surface area contributed by atoms with Gasteiger partial charge in [0.1, 0.15) is 22.4 Å². The molecule has 1 heterocycles. The Morgan fingerprint density at radius 3 is 2.68 bits per heavy atom. The lowest BCUT2D eigenvalue weighted by molar-refractivity contribution is 0.474. The Morgan fingerprint density at radius 2 is 2.00 bits per heavy atom. The molecule has 2 aromatic carbocycles. The Kier molecular flexibility index (Phi) is 5.99. The second-order valence-electron chi connectivity index (χ2n) is 5.41. The van der Waals surface area contributed by atoms with Crippen LogP contribution in [0.15, 0.2) is 50.8 Å². The Bertz CT molecular complexity index is 1170. The van der Waals surface area contributed by atoms with E-state index < -0.39 is 5.56 Å². The topological polar surface area (TPSA) is 114 Å². The van der Waals surface area contributed by atoms with E-state index in [1.165, 1.54) is 12.3 Å². The number of rotatable bonds is 4. The van der Waals surface area contributed by atoms with Crippen molar-refractivity contribution in [2.24, 2.45) is 5.10 Å². The maximum Gasteiger partial charge on any atom is 0.270 e.